The van der Waals surface area contributed by atoms with Crippen LogP contribution in [-0.2, 0) is 0 Å². The molecule has 0 radical (unpaired) electrons. The smallest absolute Gasteiger partial charge is 0.0602 e. The highest BCUT2D eigenvalue weighted by atomic mass is 16.3. The van der Waals surface area contributed by atoms with Crippen LogP contribution in [0.25, 0.3) is 0 Å². The lowest BCUT2D eigenvalue weighted by molar-refractivity contribution is 0.0378. The molecule has 3 aliphatic rings. The number of hydrogen-bond acceptors (Lipinski definition) is 1. The molecule has 3 aliphatic carbocycles. The van der Waals surface area contributed by atoms with Crippen molar-refractivity contribution in [3.63, 3.8) is 0 Å². The number of aliphatic hydroxyl groups is 1. The zero-order valence-electron chi connectivity index (χ0n) is 5.46. The lowest BCUT2D eigenvalue weighted by Gasteiger charge is -2.34. The minimum atomic E-state index is 0.119. The molecule has 9 heavy (non-hydrogen) atoms. The quantitative estimate of drug-likeness (QED) is 0.511. The molecular formula is C8H12O. The third kappa shape index (κ3) is 0.389. The van der Waals surface area contributed by atoms with Crippen LogP contribution in [0.3, 0.4) is 0 Å². The molecule has 3 rings (SSSR count). The van der Waals surface area contributed by atoms with E-state index in [4.69, 9.17) is 0 Å². The van der Waals surface area contributed by atoms with Gasteiger partial charge in [0.15, 0.2) is 0 Å². The molecular weight excluding hydrogens is 112 g/mol. The summed E-state index contributed by atoms with van der Waals surface area (Å²) in [6.07, 6.45) is 4.21. The molecule has 0 saturated heterocycles. The van der Waals surface area contributed by atoms with Gasteiger partial charge in [0.1, 0.15) is 0 Å². The van der Waals surface area contributed by atoms with Gasteiger partial charge in [0.25, 0.3) is 0 Å². The van der Waals surface area contributed by atoms with Gasteiger partial charge in [-0.15, -0.1) is 0 Å². The molecule has 5 atom stereocenters. The molecule has 0 aromatic rings. The van der Waals surface area contributed by atoms with E-state index in [2.05, 4.69) is 0 Å². The molecule has 3 fully saturated rings. The minimum absolute atomic E-state index is 0.119. The van der Waals surface area contributed by atoms with Gasteiger partial charge in [0.2, 0.25) is 0 Å². The Kier molecular flexibility index (Phi) is 0.628. The van der Waals surface area contributed by atoms with Gasteiger partial charge in [-0.3, -0.25) is 0 Å². The topological polar surface area (TPSA) is 20.2 Å². The molecule has 3 saturated carbocycles. The first-order chi connectivity index (χ1) is 4.38. The first-order valence-electron chi connectivity index (χ1n) is 4.06. The molecule has 0 heterocycles. The highest BCUT2D eigenvalue weighted by Gasteiger charge is 2.62. The van der Waals surface area contributed by atoms with Crippen LogP contribution in [0.15, 0.2) is 0 Å². The van der Waals surface area contributed by atoms with E-state index < -0.39 is 0 Å². The Labute approximate surface area is 55.1 Å². The van der Waals surface area contributed by atoms with Crippen molar-refractivity contribution in [2.75, 3.05) is 0 Å². The first-order valence-corrected chi connectivity index (χ1v) is 4.06. The maximum atomic E-state index is 9.53. The van der Waals surface area contributed by atoms with E-state index in [0.717, 1.165) is 23.7 Å². The Balaban J connectivity index is 1.92. The molecule has 0 aromatic heterocycles. The lowest BCUT2D eigenvalue weighted by atomic mass is 9.72. The third-order valence-electron chi connectivity index (χ3n) is 3.70. The summed E-state index contributed by atoms with van der Waals surface area (Å²) in [5.74, 6) is 3.43. The van der Waals surface area contributed by atoms with Crippen molar-refractivity contribution in [3.8, 4) is 0 Å². The van der Waals surface area contributed by atoms with Crippen molar-refractivity contribution in [2.24, 2.45) is 23.7 Å². The highest BCUT2D eigenvalue weighted by Crippen LogP contribution is 2.65. The molecule has 0 aliphatic heterocycles. The maximum absolute atomic E-state index is 9.53. The zero-order chi connectivity index (χ0) is 6.01. The van der Waals surface area contributed by atoms with E-state index in [1.54, 1.807) is 0 Å². The fourth-order valence-corrected chi connectivity index (χ4v) is 2.95. The molecule has 50 valence electrons. The molecule has 0 aromatic carbocycles. The first kappa shape index (κ1) is 4.73. The van der Waals surface area contributed by atoms with E-state index in [1.165, 1.54) is 19.3 Å². The van der Waals surface area contributed by atoms with Gasteiger partial charge in [-0.05, 0) is 42.9 Å². The molecule has 1 heteroatoms. The number of hydrogen-bond donors (Lipinski definition) is 1. The number of aliphatic hydroxyl groups excluding tert-OH is 1. The second-order valence-electron chi connectivity index (χ2n) is 3.96. The van der Waals surface area contributed by atoms with Crippen LogP contribution in [0.2, 0.25) is 0 Å². The van der Waals surface area contributed by atoms with Gasteiger partial charge in [-0.1, -0.05) is 0 Å². The molecule has 0 bridgehead atoms. The molecule has 0 spiro atoms. The average molecular weight is 124 g/mol. The minimum Gasteiger partial charge on any atom is -0.393 e. The molecule has 1 nitrogen and oxygen atoms in total. The summed E-state index contributed by atoms with van der Waals surface area (Å²) < 4.78 is 0. The Morgan fingerprint density at radius 1 is 0.889 bits per heavy atom. The van der Waals surface area contributed by atoms with Crippen molar-refractivity contribution >= 4 is 0 Å². The predicted octanol–water partition coefficient (Wildman–Crippen LogP) is 1.02. The summed E-state index contributed by atoms with van der Waals surface area (Å²) in [5.41, 5.74) is 0. The fraction of sp³-hybridized carbons (Fsp3) is 1.00. The van der Waals surface area contributed by atoms with Gasteiger partial charge in [-0.25, -0.2) is 0 Å². The lowest BCUT2D eigenvalue weighted by Crippen LogP contribution is -2.31. The summed E-state index contributed by atoms with van der Waals surface area (Å²) in [6, 6.07) is 0. The summed E-state index contributed by atoms with van der Waals surface area (Å²) in [6.45, 7) is 0. The van der Waals surface area contributed by atoms with Gasteiger partial charge in [0.05, 0.1) is 6.10 Å². The Morgan fingerprint density at radius 3 is 2.00 bits per heavy atom. The van der Waals surface area contributed by atoms with E-state index in [0.29, 0.717) is 0 Å². The maximum Gasteiger partial charge on any atom is 0.0602 e. The van der Waals surface area contributed by atoms with E-state index >= 15 is 0 Å². The largest absolute Gasteiger partial charge is 0.393 e. The Morgan fingerprint density at radius 2 is 1.67 bits per heavy atom. The monoisotopic (exact) mass is 124 g/mol. The van der Waals surface area contributed by atoms with Gasteiger partial charge < -0.3 is 5.11 Å². The zero-order valence-corrected chi connectivity index (χ0v) is 5.46. The summed E-state index contributed by atoms with van der Waals surface area (Å²) in [7, 11) is 0. The van der Waals surface area contributed by atoms with Crippen LogP contribution in [0.4, 0.5) is 0 Å². The highest BCUT2D eigenvalue weighted by molar-refractivity contribution is 5.11. The molecule has 0 amide bonds. The summed E-state index contributed by atoms with van der Waals surface area (Å²) >= 11 is 0. The van der Waals surface area contributed by atoms with E-state index in [-0.39, 0.29) is 6.10 Å². The van der Waals surface area contributed by atoms with Crippen LogP contribution >= 0.6 is 0 Å². The molecule has 0 unspecified atom stereocenters. The van der Waals surface area contributed by atoms with Crippen molar-refractivity contribution in [1.29, 1.82) is 0 Å². The van der Waals surface area contributed by atoms with E-state index in [9.17, 15) is 5.11 Å². The summed E-state index contributed by atoms with van der Waals surface area (Å²) in [5, 5.41) is 9.53. The Hall–Kier alpha value is -0.0400. The number of fused-ring (bicyclic) bond motifs is 3. The van der Waals surface area contributed by atoms with Crippen LogP contribution in [0, 0.1) is 23.7 Å². The second kappa shape index (κ2) is 1.20. The number of rotatable bonds is 0. The van der Waals surface area contributed by atoms with Crippen molar-refractivity contribution in [3.05, 3.63) is 0 Å². The fourth-order valence-electron chi connectivity index (χ4n) is 2.95. The van der Waals surface area contributed by atoms with Gasteiger partial charge in [0, 0.05) is 0 Å². The van der Waals surface area contributed by atoms with Gasteiger partial charge in [-0.2, -0.15) is 0 Å². The standard InChI is InChI=1S/C8H12O/c9-8-5-2-1-4(5)6-3-7(6)8/h4-9H,1-3H2/t4-,5+,6+,7+,8-/m0/s1. The van der Waals surface area contributed by atoms with Gasteiger partial charge >= 0.3 is 0 Å². The SMILES string of the molecule is O[C@H]1[C@@H]2CC[C@@H]2[C@H]2C[C@@H]12. The van der Waals surface area contributed by atoms with Crippen molar-refractivity contribution in [1.82, 2.24) is 0 Å². The third-order valence-corrected chi connectivity index (χ3v) is 3.70. The van der Waals surface area contributed by atoms with Crippen LogP contribution in [0.1, 0.15) is 19.3 Å². The van der Waals surface area contributed by atoms with Crippen LogP contribution in [0.5, 0.6) is 0 Å². The van der Waals surface area contributed by atoms with Crippen molar-refractivity contribution < 1.29 is 5.11 Å². The van der Waals surface area contributed by atoms with E-state index in [1.807, 2.05) is 0 Å². The normalized spacial score (nSPS) is 68.3. The predicted molar refractivity (Wildman–Crippen MR) is 33.8 cm³/mol. The van der Waals surface area contributed by atoms with Crippen LogP contribution in [-0.4, -0.2) is 11.2 Å². The molecule has 1 N–H and O–H groups in total. The second-order valence-corrected chi connectivity index (χ2v) is 3.96. The van der Waals surface area contributed by atoms with Crippen LogP contribution < -0.4 is 0 Å². The Bertz CT molecular complexity index is 140. The summed E-state index contributed by atoms with van der Waals surface area (Å²) in [4.78, 5) is 0. The van der Waals surface area contributed by atoms with Crippen molar-refractivity contribution in [2.45, 2.75) is 25.4 Å². The average Bonchev–Trinajstić information content (AvgIpc) is 2.38.